The summed E-state index contributed by atoms with van der Waals surface area (Å²) in [6, 6.07) is 21.1. The average Bonchev–Trinajstić information content (AvgIpc) is 3.20. The fraction of sp³-hybridized carbons (Fsp3) is 0.250. The van der Waals surface area contributed by atoms with Gasteiger partial charge in [0.2, 0.25) is 11.8 Å². The van der Waals surface area contributed by atoms with Gasteiger partial charge in [-0.1, -0.05) is 68.4 Å². The predicted molar refractivity (Wildman–Crippen MR) is 133 cm³/mol. The van der Waals surface area contributed by atoms with Gasteiger partial charge in [0.15, 0.2) is 12.1 Å². The Morgan fingerprint density at radius 3 is 2.25 bits per heavy atom. The van der Waals surface area contributed by atoms with Gasteiger partial charge in [-0.3, -0.25) is 14.5 Å². The topological polar surface area (TPSA) is 87.7 Å². The lowest BCUT2D eigenvalue weighted by Crippen LogP contribution is -2.46. The van der Waals surface area contributed by atoms with Crippen molar-refractivity contribution in [3.05, 3.63) is 101 Å². The number of nitrogens with one attached hydrogen (secondary N) is 2. The molecule has 4 rings (SSSR count). The van der Waals surface area contributed by atoms with E-state index in [9.17, 15) is 18.8 Å². The number of cyclic esters (lactones) is 1. The van der Waals surface area contributed by atoms with Crippen LogP contribution in [-0.4, -0.2) is 28.8 Å². The molecular weight excluding hydrogens is 461 g/mol. The third-order valence-electron chi connectivity index (χ3n) is 5.96. The van der Waals surface area contributed by atoms with Gasteiger partial charge in [-0.2, -0.15) is 0 Å². The second-order valence-corrected chi connectivity index (χ2v) is 8.97. The molecule has 1 saturated heterocycles. The van der Waals surface area contributed by atoms with Crippen LogP contribution in [0.4, 0.5) is 14.9 Å². The van der Waals surface area contributed by atoms with Crippen LogP contribution < -0.4 is 10.6 Å². The van der Waals surface area contributed by atoms with E-state index in [-0.39, 0.29) is 30.1 Å². The van der Waals surface area contributed by atoms with Crippen molar-refractivity contribution >= 4 is 23.6 Å². The van der Waals surface area contributed by atoms with Gasteiger partial charge in [0.05, 0.1) is 6.54 Å². The highest BCUT2D eigenvalue weighted by Crippen LogP contribution is 2.34. The van der Waals surface area contributed by atoms with Crippen LogP contribution in [0.3, 0.4) is 0 Å². The number of carbonyl (C=O) groups is 3. The van der Waals surface area contributed by atoms with Gasteiger partial charge < -0.3 is 15.4 Å². The Morgan fingerprint density at radius 1 is 0.944 bits per heavy atom. The summed E-state index contributed by atoms with van der Waals surface area (Å²) in [7, 11) is 0. The van der Waals surface area contributed by atoms with Crippen molar-refractivity contribution in [3.63, 3.8) is 0 Å². The summed E-state index contributed by atoms with van der Waals surface area (Å²) < 4.78 is 19.1. The van der Waals surface area contributed by atoms with Crippen molar-refractivity contribution in [1.82, 2.24) is 10.2 Å². The zero-order valence-corrected chi connectivity index (χ0v) is 20.1. The van der Waals surface area contributed by atoms with E-state index in [0.29, 0.717) is 23.4 Å². The fourth-order valence-electron chi connectivity index (χ4n) is 3.93. The van der Waals surface area contributed by atoms with Crippen LogP contribution >= 0.6 is 0 Å². The van der Waals surface area contributed by atoms with Crippen LogP contribution in [0.25, 0.3) is 0 Å². The van der Waals surface area contributed by atoms with Crippen molar-refractivity contribution in [2.75, 3.05) is 5.32 Å². The minimum absolute atomic E-state index is 0.0849. The molecule has 7 nitrogen and oxygen atoms in total. The summed E-state index contributed by atoms with van der Waals surface area (Å²) in [5.74, 6) is -1.03. The van der Waals surface area contributed by atoms with Crippen LogP contribution in [-0.2, 0) is 27.4 Å². The summed E-state index contributed by atoms with van der Waals surface area (Å²) >= 11 is 0. The van der Waals surface area contributed by atoms with Gasteiger partial charge in [0.1, 0.15) is 5.82 Å². The molecule has 1 heterocycles. The maximum atomic E-state index is 13.4. The first-order valence-electron chi connectivity index (χ1n) is 11.8. The summed E-state index contributed by atoms with van der Waals surface area (Å²) in [5.41, 5.74) is 2.81. The number of hydrogen-bond acceptors (Lipinski definition) is 4. The monoisotopic (exact) mass is 489 g/mol. The number of nitrogens with zero attached hydrogens (tertiary/aromatic N) is 1. The largest absolute Gasteiger partial charge is 0.438 e. The molecule has 0 saturated carbocycles. The molecule has 8 heteroatoms. The van der Waals surface area contributed by atoms with Gasteiger partial charge in [0, 0.05) is 18.2 Å². The number of anilines is 1. The van der Waals surface area contributed by atoms with Crippen LogP contribution in [0.2, 0.25) is 0 Å². The zero-order chi connectivity index (χ0) is 25.7. The molecule has 1 aliphatic rings. The summed E-state index contributed by atoms with van der Waals surface area (Å²) in [6.07, 6.45) is -1.50. The van der Waals surface area contributed by atoms with Crippen LogP contribution in [0, 0.1) is 11.7 Å². The lowest BCUT2D eigenvalue weighted by Gasteiger charge is -2.24. The van der Waals surface area contributed by atoms with Gasteiger partial charge in [-0.15, -0.1) is 0 Å². The summed E-state index contributed by atoms with van der Waals surface area (Å²) in [4.78, 5) is 39.6. The van der Waals surface area contributed by atoms with E-state index in [1.807, 2.05) is 30.3 Å². The third-order valence-corrected chi connectivity index (χ3v) is 5.96. The fourth-order valence-corrected chi connectivity index (χ4v) is 3.93. The lowest BCUT2D eigenvalue weighted by molar-refractivity contribution is -0.126. The minimum atomic E-state index is -0.942. The van der Waals surface area contributed by atoms with E-state index in [1.54, 1.807) is 50.2 Å². The quantitative estimate of drug-likeness (QED) is 0.476. The number of amides is 3. The van der Waals surface area contributed by atoms with Gasteiger partial charge in [-0.25, -0.2) is 9.18 Å². The van der Waals surface area contributed by atoms with Gasteiger partial charge in [0.25, 0.3) is 0 Å². The predicted octanol–water partition coefficient (Wildman–Crippen LogP) is 4.80. The Balaban J connectivity index is 1.57. The van der Waals surface area contributed by atoms with Gasteiger partial charge >= 0.3 is 6.09 Å². The molecule has 3 aromatic rings. The molecular formula is C28H28FN3O4. The lowest BCUT2D eigenvalue weighted by atomic mass is 10.00. The molecule has 0 bridgehead atoms. The highest BCUT2D eigenvalue weighted by Gasteiger charge is 2.46. The Labute approximate surface area is 209 Å². The molecule has 0 unspecified atom stereocenters. The summed E-state index contributed by atoms with van der Waals surface area (Å²) in [5, 5.41) is 5.73. The second-order valence-electron chi connectivity index (χ2n) is 8.97. The Bertz CT molecular complexity index is 1210. The zero-order valence-electron chi connectivity index (χ0n) is 20.1. The molecule has 3 aromatic carbocycles. The molecule has 0 radical (unpaired) electrons. The molecule has 0 spiro atoms. The van der Waals surface area contributed by atoms with Crippen molar-refractivity contribution < 1.29 is 23.5 Å². The van der Waals surface area contributed by atoms with E-state index >= 15 is 0 Å². The van der Waals surface area contributed by atoms with Crippen molar-refractivity contribution in [2.24, 2.45) is 5.92 Å². The first-order chi connectivity index (χ1) is 17.3. The number of carbonyl (C=O) groups excluding carboxylic acids is 3. The van der Waals surface area contributed by atoms with Crippen LogP contribution in [0.1, 0.15) is 36.6 Å². The van der Waals surface area contributed by atoms with Crippen molar-refractivity contribution in [3.8, 4) is 0 Å². The van der Waals surface area contributed by atoms with Crippen molar-refractivity contribution in [2.45, 2.75) is 39.1 Å². The highest BCUT2D eigenvalue weighted by molar-refractivity contribution is 5.92. The minimum Gasteiger partial charge on any atom is -0.438 e. The normalized spacial score (nSPS) is 17.1. The molecule has 0 aromatic heterocycles. The highest BCUT2D eigenvalue weighted by atomic mass is 19.1. The molecule has 0 aliphatic carbocycles. The van der Waals surface area contributed by atoms with Gasteiger partial charge in [-0.05, 0) is 41.0 Å². The van der Waals surface area contributed by atoms with Crippen LogP contribution in [0.5, 0.6) is 0 Å². The first-order valence-corrected chi connectivity index (χ1v) is 11.8. The van der Waals surface area contributed by atoms with E-state index in [2.05, 4.69) is 10.6 Å². The Morgan fingerprint density at radius 2 is 1.61 bits per heavy atom. The number of rotatable bonds is 8. The maximum Gasteiger partial charge on any atom is 0.411 e. The molecule has 36 heavy (non-hydrogen) atoms. The average molecular weight is 490 g/mol. The molecule has 2 atom stereocenters. The SMILES string of the molecule is CC(C)C(=O)Nc1ccc([C@@H]2OC(=O)N(Cc3ccc(F)cc3)[C@H]2C(=O)NCc2ccccc2)cc1. The second kappa shape index (κ2) is 11.0. The number of ether oxygens (including phenoxy) is 1. The standard InChI is InChI=1S/C28H28FN3O4/c1-18(2)26(33)31-23-14-10-21(11-15-23)25-24(27(34)30-16-19-6-4-3-5-7-19)32(28(35)36-25)17-20-8-12-22(29)13-9-20/h3-15,18,24-25H,16-17H2,1-2H3,(H,30,34)(H,31,33)/t24-,25+/m1/s1. The van der Waals surface area contributed by atoms with Crippen LogP contribution in [0.15, 0.2) is 78.9 Å². The molecule has 2 N–H and O–H groups in total. The van der Waals surface area contributed by atoms with E-state index < -0.39 is 18.2 Å². The van der Waals surface area contributed by atoms with E-state index in [1.165, 1.54) is 17.0 Å². The first kappa shape index (κ1) is 24.9. The summed E-state index contributed by atoms with van der Waals surface area (Å²) in [6.45, 7) is 3.98. The molecule has 1 aliphatic heterocycles. The third kappa shape index (κ3) is 5.89. The number of hydrogen-bond donors (Lipinski definition) is 2. The maximum absolute atomic E-state index is 13.4. The smallest absolute Gasteiger partial charge is 0.411 e. The van der Waals surface area contributed by atoms with Crippen molar-refractivity contribution in [1.29, 1.82) is 0 Å². The van der Waals surface area contributed by atoms with E-state index in [4.69, 9.17) is 4.74 Å². The number of benzene rings is 3. The Kier molecular flexibility index (Phi) is 7.63. The van der Waals surface area contributed by atoms with E-state index in [0.717, 1.165) is 5.56 Å². The Hall–Kier alpha value is -4.20. The molecule has 186 valence electrons. The molecule has 1 fully saturated rings. The molecule has 3 amide bonds. The number of halogens is 1.